The quantitative estimate of drug-likeness (QED) is 0.422. The Morgan fingerprint density at radius 1 is 1.29 bits per heavy atom. The Balaban J connectivity index is 2.01. The molecule has 0 aliphatic carbocycles. The SMILES string of the molecule is CC[C@@H](C)Oc1c(I)cc(C=Nn2c(=O)[nH]c3ccccc3c2=O)cc1OC. The van der Waals surface area contributed by atoms with E-state index >= 15 is 0 Å². The molecule has 7 nitrogen and oxygen atoms in total. The van der Waals surface area contributed by atoms with Crippen LogP contribution in [0.3, 0.4) is 0 Å². The minimum Gasteiger partial charge on any atom is -0.493 e. The highest BCUT2D eigenvalue weighted by Crippen LogP contribution is 2.34. The average molecular weight is 493 g/mol. The van der Waals surface area contributed by atoms with Crippen molar-refractivity contribution in [3.05, 3.63) is 66.4 Å². The van der Waals surface area contributed by atoms with Crippen LogP contribution in [0.5, 0.6) is 11.5 Å². The molecule has 28 heavy (non-hydrogen) atoms. The predicted octanol–water partition coefficient (Wildman–Crippen LogP) is 3.36. The van der Waals surface area contributed by atoms with Crippen LogP contribution in [0, 0.1) is 3.57 Å². The molecule has 1 aromatic heterocycles. The van der Waals surface area contributed by atoms with Gasteiger partial charge in [0.2, 0.25) is 0 Å². The maximum absolute atomic E-state index is 12.6. The number of benzene rings is 2. The normalized spacial score (nSPS) is 12.4. The lowest BCUT2D eigenvalue weighted by molar-refractivity contribution is 0.206. The van der Waals surface area contributed by atoms with Crippen LogP contribution < -0.4 is 20.7 Å². The van der Waals surface area contributed by atoms with E-state index in [0.29, 0.717) is 28.0 Å². The summed E-state index contributed by atoms with van der Waals surface area (Å²) in [6.45, 7) is 4.03. The first kappa shape index (κ1) is 20.1. The molecule has 0 aliphatic heterocycles. The fourth-order valence-corrected chi connectivity index (χ4v) is 3.35. The highest BCUT2D eigenvalue weighted by Gasteiger charge is 2.14. The van der Waals surface area contributed by atoms with Gasteiger partial charge in [-0.1, -0.05) is 19.1 Å². The zero-order chi connectivity index (χ0) is 20.3. The molecule has 0 spiro atoms. The van der Waals surface area contributed by atoms with Gasteiger partial charge < -0.3 is 14.5 Å². The van der Waals surface area contributed by atoms with Crippen LogP contribution in [-0.2, 0) is 0 Å². The van der Waals surface area contributed by atoms with Gasteiger partial charge in [0.05, 0.1) is 33.9 Å². The zero-order valence-corrected chi connectivity index (χ0v) is 17.9. The molecule has 0 saturated carbocycles. The highest BCUT2D eigenvalue weighted by molar-refractivity contribution is 14.1. The Morgan fingerprint density at radius 3 is 2.75 bits per heavy atom. The zero-order valence-electron chi connectivity index (χ0n) is 15.7. The number of nitrogens with one attached hydrogen (secondary N) is 1. The van der Waals surface area contributed by atoms with Gasteiger partial charge in [0.25, 0.3) is 5.56 Å². The number of hydrogen-bond acceptors (Lipinski definition) is 5. The molecule has 1 atom stereocenters. The average Bonchev–Trinajstić information content (AvgIpc) is 2.69. The number of hydrogen-bond donors (Lipinski definition) is 1. The summed E-state index contributed by atoms with van der Waals surface area (Å²) in [7, 11) is 1.56. The molecule has 8 heteroatoms. The standard InChI is InChI=1S/C20H20IN3O4/c1-4-12(2)28-18-15(21)9-13(10-17(18)27-3)11-22-24-19(25)14-7-5-6-8-16(14)23-20(24)26/h5-12H,4H2,1-3H3,(H,23,26)/t12-/m1/s1. The van der Waals surface area contributed by atoms with Crippen molar-refractivity contribution in [3.8, 4) is 11.5 Å². The van der Waals surface area contributed by atoms with Gasteiger partial charge in [0.1, 0.15) is 0 Å². The Labute approximate surface area is 175 Å². The van der Waals surface area contributed by atoms with Gasteiger partial charge in [-0.3, -0.25) is 4.79 Å². The number of halogens is 1. The van der Waals surface area contributed by atoms with Crippen molar-refractivity contribution < 1.29 is 9.47 Å². The second-order valence-electron chi connectivity index (χ2n) is 6.21. The number of para-hydroxylation sites is 1. The molecular formula is C20H20IN3O4. The van der Waals surface area contributed by atoms with E-state index in [1.54, 1.807) is 37.4 Å². The van der Waals surface area contributed by atoms with E-state index in [0.717, 1.165) is 14.7 Å². The van der Waals surface area contributed by atoms with Crippen LogP contribution in [0.2, 0.25) is 0 Å². The van der Waals surface area contributed by atoms with Gasteiger partial charge in [0, 0.05) is 0 Å². The van der Waals surface area contributed by atoms with Gasteiger partial charge in [-0.2, -0.15) is 5.10 Å². The van der Waals surface area contributed by atoms with E-state index in [2.05, 4.69) is 32.7 Å². The summed E-state index contributed by atoms with van der Waals surface area (Å²) >= 11 is 2.16. The number of aromatic nitrogens is 2. The first-order valence-electron chi connectivity index (χ1n) is 8.77. The predicted molar refractivity (Wildman–Crippen MR) is 118 cm³/mol. The van der Waals surface area contributed by atoms with E-state index in [1.807, 2.05) is 19.9 Å². The number of nitrogens with zero attached hydrogens (tertiary/aromatic N) is 2. The summed E-state index contributed by atoms with van der Waals surface area (Å²) in [5, 5.41) is 4.48. The number of aromatic amines is 1. The molecule has 0 bridgehead atoms. The van der Waals surface area contributed by atoms with Crippen LogP contribution in [0.1, 0.15) is 25.8 Å². The summed E-state index contributed by atoms with van der Waals surface area (Å²) in [6, 6.07) is 10.4. The van der Waals surface area contributed by atoms with E-state index in [9.17, 15) is 9.59 Å². The monoisotopic (exact) mass is 493 g/mol. The molecule has 0 unspecified atom stereocenters. The van der Waals surface area contributed by atoms with Crippen molar-refractivity contribution in [2.75, 3.05) is 7.11 Å². The first-order chi connectivity index (χ1) is 13.4. The van der Waals surface area contributed by atoms with Crippen LogP contribution >= 0.6 is 22.6 Å². The van der Waals surface area contributed by atoms with Crippen LogP contribution in [0.4, 0.5) is 0 Å². The number of ether oxygens (including phenoxy) is 2. The van der Waals surface area contributed by atoms with Crippen molar-refractivity contribution in [1.29, 1.82) is 0 Å². The topological polar surface area (TPSA) is 85.7 Å². The molecule has 1 N–H and O–H groups in total. The van der Waals surface area contributed by atoms with Crippen molar-refractivity contribution in [1.82, 2.24) is 9.66 Å². The van der Waals surface area contributed by atoms with Crippen molar-refractivity contribution in [3.63, 3.8) is 0 Å². The van der Waals surface area contributed by atoms with Gasteiger partial charge in [-0.05, 0) is 65.8 Å². The van der Waals surface area contributed by atoms with E-state index in [-0.39, 0.29) is 6.10 Å². The molecule has 0 aliphatic rings. The van der Waals surface area contributed by atoms with E-state index in [1.165, 1.54) is 6.21 Å². The molecule has 0 fully saturated rings. The Hall–Kier alpha value is -2.62. The molecule has 0 saturated heterocycles. The second-order valence-corrected chi connectivity index (χ2v) is 7.37. The third kappa shape index (κ3) is 4.11. The van der Waals surface area contributed by atoms with Crippen LogP contribution in [-0.4, -0.2) is 29.1 Å². The van der Waals surface area contributed by atoms with Crippen LogP contribution in [0.25, 0.3) is 10.9 Å². The largest absolute Gasteiger partial charge is 0.493 e. The Bertz CT molecular complexity index is 1150. The van der Waals surface area contributed by atoms with Crippen LogP contribution in [0.15, 0.2) is 51.1 Å². The maximum Gasteiger partial charge on any atom is 0.349 e. The Morgan fingerprint density at radius 2 is 2.04 bits per heavy atom. The molecule has 1 heterocycles. The third-order valence-electron chi connectivity index (χ3n) is 4.25. The molecule has 3 aromatic rings. The molecule has 146 valence electrons. The minimum atomic E-state index is -0.599. The first-order valence-corrected chi connectivity index (χ1v) is 9.85. The van der Waals surface area contributed by atoms with Crippen molar-refractivity contribution in [2.45, 2.75) is 26.4 Å². The summed E-state index contributed by atoms with van der Waals surface area (Å²) in [5.41, 5.74) is 0.0799. The molecule has 0 amide bonds. The lowest BCUT2D eigenvalue weighted by Crippen LogP contribution is -2.32. The second kappa shape index (κ2) is 8.59. The lowest BCUT2D eigenvalue weighted by Gasteiger charge is -2.17. The van der Waals surface area contributed by atoms with Crippen molar-refractivity contribution >= 4 is 39.7 Å². The Kier molecular flexibility index (Phi) is 6.18. The smallest absolute Gasteiger partial charge is 0.349 e. The minimum absolute atomic E-state index is 0.0525. The molecule has 0 radical (unpaired) electrons. The number of methoxy groups -OCH3 is 1. The third-order valence-corrected chi connectivity index (χ3v) is 5.05. The summed E-state index contributed by atoms with van der Waals surface area (Å²) < 4.78 is 13.0. The maximum atomic E-state index is 12.6. The fraction of sp³-hybridized carbons (Fsp3) is 0.250. The number of rotatable bonds is 6. The molecule has 3 rings (SSSR count). The molecular weight excluding hydrogens is 473 g/mol. The highest BCUT2D eigenvalue weighted by atomic mass is 127. The van der Waals surface area contributed by atoms with Gasteiger partial charge in [0.15, 0.2) is 11.5 Å². The number of H-pyrrole nitrogens is 1. The van der Waals surface area contributed by atoms with Gasteiger partial charge in [-0.25, -0.2) is 4.79 Å². The lowest BCUT2D eigenvalue weighted by atomic mass is 10.2. The number of fused-ring (bicyclic) bond motifs is 1. The summed E-state index contributed by atoms with van der Waals surface area (Å²) in [5.74, 6) is 1.23. The summed E-state index contributed by atoms with van der Waals surface area (Å²) in [4.78, 5) is 27.4. The van der Waals surface area contributed by atoms with E-state index < -0.39 is 11.2 Å². The molecule has 2 aromatic carbocycles. The van der Waals surface area contributed by atoms with Gasteiger partial charge >= 0.3 is 5.69 Å². The summed E-state index contributed by atoms with van der Waals surface area (Å²) in [6.07, 6.45) is 2.37. The fourth-order valence-electron chi connectivity index (χ4n) is 2.60. The van der Waals surface area contributed by atoms with Gasteiger partial charge in [-0.15, -0.1) is 4.68 Å². The van der Waals surface area contributed by atoms with E-state index in [4.69, 9.17) is 9.47 Å². The van der Waals surface area contributed by atoms with Crippen molar-refractivity contribution in [2.24, 2.45) is 5.10 Å².